The molecule has 0 saturated heterocycles. The largest absolute Gasteiger partial charge is 0.461 e. The van der Waals surface area contributed by atoms with E-state index in [2.05, 4.69) is 37.2 Å². The molecule has 0 aromatic heterocycles. The number of nitrogens with one attached hydrogen (secondary N) is 1. The number of aliphatic hydroxyl groups excluding tert-OH is 1. The van der Waals surface area contributed by atoms with Crippen molar-refractivity contribution >= 4 is 78.3 Å². The number of carbonyl (C=O) groups is 2. The van der Waals surface area contributed by atoms with E-state index < -0.39 is 0 Å². The Balaban J connectivity index is 0.000000720. The van der Waals surface area contributed by atoms with E-state index >= 15 is 0 Å². The van der Waals surface area contributed by atoms with Crippen molar-refractivity contribution in [1.29, 1.82) is 0 Å². The van der Waals surface area contributed by atoms with Crippen LogP contribution in [-0.2, 0) is 27.5 Å². The fourth-order valence-electron chi connectivity index (χ4n) is 2.44. The van der Waals surface area contributed by atoms with E-state index in [1.807, 2.05) is 13.8 Å². The molecule has 4 N–H and O–H groups in total. The number of halogens is 4. The van der Waals surface area contributed by atoms with Gasteiger partial charge in [0.05, 0.1) is 16.7 Å². The molecular weight excluding hydrogens is 599 g/mol. The number of rotatable bonds is 8. The SMILES string of the molecule is C.CCCC(=O)Nc1cc(Cl)c(Br)cc1COC(=O)CCC.Nc1cc(Cl)c(Br)cc1CO. The first kappa shape index (κ1) is 31.7. The van der Waals surface area contributed by atoms with Crippen molar-refractivity contribution in [2.75, 3.05) is 11.1 Å². The Bertz CT molecular complexity index is 943. The van der Waals surface area contributed by atoms with Gasteiger partial charge in [-0.3, -0.25) is 9.59 Å². The van der Waals surface area contributed by atoms with Gasteiger partial charge in [-0.25, -0.2) is 0 Å². The maximum Gasteiger partial charge on any atom is 0.306 e. The van der Waals surface area contributed by atoms with Crippen molar-refractivity contribution < 1.29 is 19.4 Å². The number of ether oxygens (including phenoxy) is 1. The molecule has 0 aliphatic heterocycles. The summed E-state index contributed by atoms with van der Waals surface area (Å²) in [6.07, 6.45) is 2.31. The highest BCUT2D eigenvalue weighted by atomic mass is 79.9. The van der Waals surface area contributed by atoms with Crippen molar-refractivity contribution in [3.63, 3.8) is 0 Å². The third-order valence-electron chi connectivity index (χ3n) is 4.09. The van der Waals surface area contributed by atoms with Crippen LogP contribution in [0.4, 0.5) is 11.4 Å². The third kappa shape index (κ3) is 11.1. The van der Waals surface area contributed by atoms with Crippen molar-refractivity contribution in [2.45, 2.75) is 60.2 Å². The summed E-state index contributed by atoms with van der Waals surface area (Å²) in [6.45, 7) is 3.88. The second-order valence-electron chi connectivity index (χ2n) is 6.76. The van der Waals surface area contributed by atoms with E-state index in [1.54, 1.807) is 24.3 Å². The molecule has 0 fully saturated rings. The zero-order chi connectivity index (χ0) is 24.3. The molecule has 2 aromatic rings. The van der Waals surface area contributed by atoms with Crippen LogP contribution in [0, 0.1) is 0 Å². The summed E-state index contributed by atoms with van der Waals surface area (Å²) < 4.78 is 6.63. The molecule has 0 heterocycles. The first-order chi connectivity index (χ1) is 15.1. The summed E-state index contributed by atoms with van der Waals surface area (Å²) in [6, 6.07) is 6.72. The van der Waals surface area contributed by atoms with Gasteiger partial charge in [-0.1, -0.05) is 44.5 Å². The maximum atomic E-state index is 11.7. The minimum absolute atomic E-state index is 0. The first-order valence-electron chi connectivity index (χ1n) is 9.90. The minimum Gasteiger partial charge on any atom is -0.461 e. The summed E-state index contributed by atoms with van der Waals surface area (Å²) in [5, 5.41) is 12.6. The lowest BCUT2D eigenvalue weighted by molar-refractivity contribution is -0.144. The highest BCUT2D eigenvalue weighted by Gasteiger charge is 2.12. The van der Waals surface area contributed by atoms with Gasteiger partial charge in [0, 0.05) is 44.3 Å². The number of aliphatic hydroxyl groups is 1. The maximum absolute atomic E-state index is 11.7. The Labute approximate surface area is 222 Å². The van der Waals surface area contributed by atoms with E-state index in [9.17, 15) is 9.59 Å². The fourth-order valence-corrected chi connectivity index (χ4v) is 3.56. The summed E-state index contributed by atoms with van der Waals surface area (Å²) in [5.41, 5.74) is 8.02. The van der Waals surface area contributed by atoms with E-state index in [0.717, 1.165) is 17.3 Å². The highest BCUT2D eigenvalue weighted by molar-refractivity contribution is 9.10. The molecule has 2 aromatic carbocycles. The highest BCUT2D eigenvalue weighted by Crippen LogP contribution is 2.30. The number of carbonyl (C=O) groups excluding carboxylic acids is 2. The van der Waals surface area contributed by atoms with Crippen LogP contribution >= 0.6 is 55.1 Å². The molecule has 0 aliphatic carbocycles. The summed E-state index contributed by atoms with van der Waals surface area (Å²) in [4.78, 5) is 23.2. The molecule has 0 atom stereocenters. The minimum atomic E-state index is -0.255. The van der Waals surface area contributed by atoms with Gasteiger partial charge in [-0.05, 0) is 69.0 Å². The van der Waals surface area contributed by atoms with Gasteiger partial charge in [-0.15, -0.1) is 0 Å². The number of amides is 1. The van der Waals surface area contributed by atoms with Crippen LogP contribution in [0.1, 0.15) is 58.1 Å². The molecule has 0 spiro atoms. The fraction of sp³-hybridized carbons (Fsp3) is 0.391. The van der Waals surface area contributed by atoms with E-state index in [1.165, 1.54) is 0 Å². The Morgan fingerprint density at radius 1 is 1.00 bits per heavy atom. The zero-order valence-electron chi connectivity index (χ0n) is 17.8. The average molecular weight is 629 g/mol. The normalized spacial score (nSPS) is 9.91. The lowest BCUT2D eigenvalue weighted by Gasteiger charge is -2.13. The van der Waals surface area contributed by atoms with Crippen molar-refractivity contribution in [2.24, 2.45) is 0 Å². The van der Waals surface area contributed by atoms with Crippen molar-refractivity contribution in [3.05, 3.63) is 54.4 Å². The third-order valence-corrected chi connectivity index (χ3v) is 6.49. The second kappa shape index (κ2) is 16.3. The van der Waals surface area contributed by atoms with Gasteiger partial charge in [0.1, 0.15) is 6.61 Å². The number of anilines is 2. The quantitative estimate of drug-likeness (QED) is 0.208. The van der Waals surface area contributed by atoms with Gasteiger partial charge in [-0.2, -0.15) is 0 Å². The van der Waals surface area contributed by atoms with Gasteiger partial charge in [0.2, 0.25) is 5.91 Å². The molecule has 0 saturated carbocycles. The van der Waals surface area contributed by atoms with E-state index in [-0.39, 0.29) is 32.5 Å². The van der Waals surface area contributed by atoms with Crippen LogP contribution < -0.4 is 11.1 Å². The zero-order valence-corrected chi connectivity index (χ0v) is 22.5. The van der Waals surface area contributed by atoms with E-state index in [4.69, 9.17) is 38.8 Å². The van der Waals surface area contributed by atoms with Crippen LogP contribution in [0.2, 0.25) is 10.0 Å². The first-order valence-corrected chi connectivity index (χ1v) is 12.2. The lowest BCUT2D eigenvalue weighted by atomic mass is 10.1. The van der Waals surface area contributed by atoms with Gasteiger partial charge >= 0.3 is 5.97 Å². The summed E-state index contributed by atoms with van der Waals surface area (Å²) in [5.74, 6) is -0.341. The molecule has 6 nitrogen and oxygen atoms in total. The molecule has 0 bridgehead atoms. The van der Waals surface area contributed by atoms with Crippen LogP contribution in [0.3, 0.4) is 0 Å². The molecule has 33 heavy (non-hydrogen) atoms. The second-order valence-corrected chi connectivity index (χ2v) is 9.28. The van der Waals surface area contributed by atoms with Gasteiger partial charge in [0.25, 0.3) is 0 Å². The molecule has 10 heteroatoms. The van der Waals surface area contributed by atoms with Crippen LogP contribution in [0.15, 0.2) is 33.2 Å². The number of hydrogen-bond acceptors (Lipinski definition) is 5. The van der Waals surface area contributed by atoms with Gasteiger partial charge < -0.3 is 20.9 Å². The molecule has 0 unspecified atom stereocenters. The van der Waals surface area contributed by atoms with Crippen LogP contribution in [0.25, 0.3) is 0 Å². The predicted octanol–water partition coefficient (Wildman–Crippen LogP) is 7.50. The number of hydrogen-bond donors (Lipinski definition) is 3. The standard InChI is InChI=1S/C15H19BrClNO3.C7H7BrClNO.CH4/c1-3-5-14(19)18-13-8-12(17)11(16)7-10(13)9-21-15(20)6-4-2;8-5-1-4(3-11)7(10)2-6(5)9;/h7-8H,3-6,9H2,1-2H3,(H,18,19);1-2,11H,3,10H2;1H4. The van der Waals surface area contributed by atoms with Crippen molar-refractivity contribution in [1.82, 2.24) is 0 Å². The van der Waals surface area contributed by atoms with Gasteiger partial charge in [0.15, 0.2) is 0 Å². The summed E-state index contributed by atoms with van der Waals surface area (Å²) >= 11 is 18.3. The number of nitrogen functional groups attached to an aromatic ring is 1. The molecule has 0 aliphatic rings. The predicted molar refractivity (Wildman–Crippen MR) is 144 cm³/mol. The Hall–Kier alpha value is -1.32. The number of nitrogens with two attached hydrogens (primary N) is 1. The molecule has 1 amide bonds. The Morgan fingerprint density at radius 3 is 2.09 bits per heavy atom. The molecular formula is C23H30Br2Cl2N2O4. The molecule has 184 valence electrons. The topological polar surface area (TPSA) is 102 Å². The van der Waals surface area contributed by atoms with Crippen LogP contribution in [0.5, 0.6) is 0 Å². The smallest absolute Gasteiger partial charge is 0.306 e. The molecule has 2 rings (SSSR count). The van der Waals surface area contributed by atoms with Crippen molar-refractivity contribution in [3.8, 4) is 0 Å². The van der Waals surface area contributed by atoms with E-state index in [0.29, 0.717) is 49.9 Å². The summed E-state index contributed by atoms with van der Waals surface area (Å²) in [7, 11) is 0. The average Bonchev–Trinajstić information content (AvgIpc) is 2.73. The Kier molecular flexibility index (Phi) is 15.7. The number of esters is 1. The monoisotopic (exact) mass is 626 g/mol. The Morgan fingerprint density at radius 2 is 1.55 bits per heavy atom. The lowest BCUT2D eigenvalue weighted by Crippen LogP contribution is -2.13. The number of benzene rings is 2. The van der Waals surface area contributed by atoms with Crippen LogP contribution in [-0.4, -0.2) is 17.0 Å². The molecule has 0 radical (unpaired) electrons.